The first-order valence-corrected chi connectivity index (χ1v) is 4.12. The van der Waals surface area contributed by atoms with Gasteiger partial charge in [0.2, 0.25) is 0 Å². The summed E-state index contributed by atoms with van der Waals surface area (Å²) in [4.78, 5) is 11.2. The fraction of sp³-hybridized carbons (Fsp3) is 0.444. The Labute approximate surface area is 79.7 Å². The summed E-state index contributed by atoms with van der Waals surface area (Å²) in [7, 11) is 0. The highest BCUT2D eigenvalue weighted by molar-refractivity contribution is 5.93. The molecule has 1 aromatic rings. The lowest BCUT2D eigenvalue weighted by Crippen LogP contribution is -2.08. The van der Waals surface area contributed by atoms with Gasteiger partial charge in [-0.2, -0.15) is 0 Å². The van der Waals surface area contributed by atoms with Crippen LogP contribution in [0, 0.1) is 0 Å². The van der Waals surface area contributed by atoms with Crippen molar-refractivity contribution < 1.29 is 22.7 Å². The number of Topliss-reactive ketones (excluding diaryl/α,β-unsaturated/α-hetero) is 1. The summed E-state index contributed by atoms with van der Waals surface area (Å²) in [6.07, 6.45) is -1.05. The zero-order valence-corrected chi connectivity index (χ0v) is 7.41. The van der Waals surface area contributed by atoms with E-state index in [0.717, 1.165) is 0 Å². The average Bonchev–Trinajstić information content (AvgIpc) is 2.64. The molecule has 0 bridgehead atoms. The number of rotatable bonds is 6. The average molecular weight is 204 g/mol. The molecule has 0 fully saturated rings. The molecule has 0 saturated carbocycles. The molecule has 5 heteroatoms. The number of carbonyl (C=O) groups is 1. The molecular weight excluding hydrogens is 194 g/mol. The molecule has 0 unspecified atom stereocenters. The maximum atomic E-state index is 11.6. The van der Waals surface area contributed by atoms with E-state index in [2.05, 4.69) is 4.74 Å². The van der Waals surface area contributed by atoms with E-state index in [1.807, 2.05) is 0 Å². The number of carbonyl (C=O) groups excluding carboxylic acids is 1. The minimum atomic E-state index is -2.49. The molecule has 0 amide bonds. The first-order valence-electron chi connectivity index (χ1n) is 4.12. The molecule has 0 aliphatic heterocycles. The van der Waals surface area contributed by atoms with Crippen molar-refractivity contribution in [2.75, 3.05) is 13.2 Å². The van der Waals surface area contributed by atoms with E-state index in [-0.39, 0.29) is 24.6 Å². The number of halogens is 2. The highest BCUT2D eigenvalue weighted by Crippen LogP contribution is 2.04. The smallest absolute Gasteiger partial charge is 0.261 e. The summed E-state index contributed by atoms with van der Waals surface area (Å²) in [5.74, 6) is -0.0186. The zero-order chi connectivity index (χ0) is 10.4. The van der Waals surface area contributed by atoms with Crippen LogP contribution in [-0.4, -0.2) is 25.4 Å². The van der Waals surface area contributed by atoms with Crippen LogP contribution in [-0.2, 0) is 4.74 Å². The van der Waals surface area contributed by atoms with Crippen molar-refractivity contribution in [2.45, 2.75) is 12.8 Å². The van der Waals surface area contributed by atoms with Gasteiger partial charge in [-0.25, -0.2) is 8.78 Å². The molecule has 0 radical (unpaired) electrons. The van der Waals surface area contributed by atoms with Crippen molar-refractivity contribution in [3.8, 4) is 0 Å². The van der Waals surface area contributed by atoms with Crippen molar-refractivity contribution in [2.24, 2.45) is 0 Å². The summed E-state index contributed by atoms with van der Waals surface area (Å²) in [5.41, 5.74) is 0. The Kier molecular flexibility index (Phi) is 4.25. The molecule has 1 rings (SSSR count). The summed E-state index contributed by atoms with van der Waals surface area (Å²) in [6, 6.07) is 3.11. The van der Waals surface area contributed by atoms with Crippen LogP contribution in [0.15, 0.2) is 22.8 Å². The van der Waals surface area contributed by atoms with Gasteiger partial charge in [-0.1, -0.05) is 0 Å². The number of alkyl halides is 2. The predicted octanol–water partition coefficient (Wildman–Crippen LogP) is 2.13. The first-order chi connectivity index (χ1) is 6.70. The molecule has 0 atom stereocenters. The van der Waals surface area contributed by atoms with E-state index >= 15 is 0 Å². The van der Waals surface area contributed by atoms with Gasteiger partial charge in [-0.05, 0) is 12.1 Å². The van der Waals surface area contributed by atoms with Gasteiger partial charge in [-0.3, -0.25) is 4.79 Å². The lowest BCUT2D eigenvalue weighted by atomic mass is 10.2. The summed E-state index contributed by atoms with van der Waals surface area (Å²) < 4.78 is 32.6. The fourth-order valence-corrected chi connectivity index (χ4v) is 0.898. The monoisotopic (exact) mass is 204 g/mol. The highest BCUT2D eigenvalue weighted by Gasteiger charge is 2.09. The van der Waals surface area contributed by atoms with Gasteiger partial charge < -0.3 is 9.15 Å². The maximum Gasteiger partial charge on any atom is 0.261 e. The molecule has 14 heavy (non-hydrogen) atoms. The Morgan fingerprint density at radius 1 is 1.57 bits per heavy atom. The van der Waals surface area contributed by atoms with Gasteiger partial charge in [0.25, 0.3) is 6.43 Å². The molecule has 0 spiro atoms. The van der Waals surface area contributed by atoms with E-state index in [1.54, 1.807) is 6.07 Å². The Hall–Kier alpha value is -1.23. The van der Waals surface area contributed by atoms with Crippen LogP contribution in [0.4, 0.5) is 8.78 Å². The molecule has 0 aliphatic rings. The Bertz CT molecular complexity index is 270. The topological polar surface area (TPSA) is 39.4 Å². The van der Waals surface area contributed by atoms with Gasteiger partial charge in [0.05, 0.1) is 12.9 Å². The standard InChI is InChI=1S/C9H10F2O3/c10-9(11)6-13-5-3-7(12)8-2-1-4-14-8/h1-2,4,9H,3,5-6H2. The lowest BCUT2D eigenvalue weighted by molar-refractivity contribution is 0.0167. The third-order valence-corrected chi connectivity index (χ3v) is 1.51. The van der Waals surface area contributed by atoms with E-state index in [1.165, 1.54) is 12.3 Å². The van der Waals surface area contributed by atoms with E-state index in [4.69, 9.17) is 4.42 Å². The molecule has 3 nitrogen and oxygen atoms in total. The third-order valence-electron chi connectivity index (χ3n) is 1.51. The molecule has 78 valence electrons. The second-order valence-corrected chi connectivity index (χ2v) is 2.62. The van der Waals surface area contributed by atoms with E-state index in [0.29, 0.717) is 0 Å². The van der Waals surface area contributed by atoms with Gasteiger partial charge in [0, 0.05) is 6.42 Å². The van der Waals surface area contributed by atoms with Crippen molar-refractivity contribution in [3.63, 3.8) is 0 Å². The van der Waals surface area contributed by atoms with Crippen LogP contribution in [0.2, 0.25) is 0 Å². The van der Waals surface area contributed by atoms with Crippen LogP contribution < -0.4 is 0 Å². The van der Waals surface area contributed by atoms with Gasteiger partial charge in [-0.15, -0.1) is 0 Å². The van der Waals surface area contributed by atoms with Crippen molar-refractivity contribution >= 4 is 5.78 Å². The molecule has 1 heterocycles. The summed E-state index contributed by atoms with van der Waals surface area (Å²) in [6.45, 7) is -0.644. The summed E-state index contributed by atoms with van der Waals surface area (Å²) in [5, 5.41) is 0. The second-order valence-electron chi connectivity index (χ2n) is 2.62. The van der Waals surface area contributed by atoms with E-state index < -0.39 is 13.0 Å². The Morgan fingerprint density at radius 3 is 2.93 bits per heavy atom. The fourth-order valence-electron chi connectivity index (χ4n) is 0.898. The van der Waals surface area contributed by atoms with Gasteiger partial charge in [0.1, 0.15) is 6.61 Å². The van der Waals surface area contributed by atoms with Crippen molar-refractivity contribution in [1.82, 2.24) is 0 Å². The largest absolute Gasteiger partial charge is 0.461 e. The molecule has 1 aromatic heterocycles. The summed E-state index contributed by atoms with van der Waals surface area (Å²) >= 11 is 0. The zero-order valence-electron chi connectivity index (χ0n) is 7.41. The van der Waals surface area contributed by atoms with Crippen LogP contribution >= 0.6 is 0 Å². The van der Waals surface area contributed by atoms with Gasteiger partial charge >= 0.3 is 0 Å². The van der Waals surface area contributed by atoms with Crippen LogP contribution in [0.1, 0.15) is 17.0 Å². The number of hydrogen-bond donors (Lipinski definition) is 0. The first kappa shape index (κ1) is 10.8. The third kappa shape index (κ3) is 3.66. The molecule has 0 saturated heterocycles. The number of furan rings is 1. The van der Waals surface area contributed by atoms with Crippen molar-refractivity contribution in [1.29, 1.82) is 0 Å². The molecule has 0 aliphatic carbocycles. The lowest BCUT2D eigenvalue weighted by Gasteiger charge is -2.01. The van der Waals surface area contributed by atoms with Crippen molar-refractivity contribution in [3.05, 3.63) is 24.2 Å². The maximum absolute atomic E-state index is 11.6. The molecule has 0 aromatic carbocycles. The second kappa shape index (κ2) is 5.49. The minimum absolute atomic E-state index is 0.0100. The molecular formula is C9H10F2O3. The quantitative estimate of drug-likeness (QED) is 0.526. The number of ketones is 1. The SMILES string of the molecule is O=C(CCOCC(F)F)c1ccco1. The number of hydrogen-bond acceptors (Lipinski definition) is 3. The van der Waals surface area contributed by atoms with Gasteiger partial charge in [0.15, 0.2) is 11.5 Å². The highest BCUT2D eigenvalue weighted by atomic mass is 19.3. The number of ether oxygens (including phenoxy) is 1. The van der Waals surface area contributed by atoms with Crippen LogP contribution in [0.5, 0.6) is 0 Å². The van der Waals surface area contributed by atoms with Crippen LogP contribution in [0.3, 0.4) is 0 Å². The Balaban J connectivity index is 2.16. The normalized spacial score (nSPS) is 10.8. The van der Waals surface area contributed by atoms with Crippen LogP contribution in [0.25, 0.3) is 0 Å². The predicted molar refractivity (Wildman–Crippen MR) is 44.5 cm³/mol. The molecule has 0 N–H and O–H groups in total. The minimum Gasteiger partial charge on any atom is -0.461 e. The Morgan fingerprint density at radius 2 is 2.36 bits per heavy atom. The van der Waals surface area contributed by atoms with E-state index in [9.17, 15) is 13.6 Å².